The van der Waals surface area contributed by atoms with E-state index >= 15 is 0 Å². The van der Waals surface area contributed by atoms with Gasteiger partial charge in [-0.1, -0.05) is 28.4 Å². The molecule has 1 aromatic carbocycles. The Morgan fingerprint density at radius 2 is 2.00 bits per heavy atom. The Morgan fingerprint density at radius 1 is 1.21 bits per heavy atom. The molecule has 0 aliphatic rings. The molecular formula is C14H20BrNO3. The highest BCUT2D eigenvalue weighted by Gasteiger charge is 2.15. The maximum atomic E-state index is 12.1. The maximum absolute atomic E-state index is 12.1. The number of carbonyl (C=O) groups is 1. The van der Waals surface area contributed by atoms with Crippen LogP contribution in [-0.2, 0) is 0 Å². The SMILES string of the molecule is COc1cccc(C(=O)NCCCCCBr)c1OC. The molecule has 0 aromatic heterocycles. The smallest absolute Gasteiger partial charge is 0.255 e. The van der Waals surface area contributed by atoms with E-state index in [2.05, 4.69) is 21.2 Å². The van der Waals surface area contributed by atoms with Crippen molar-refractivity contribution >= 4 is 21.8 Å². The highest BCUT2D eigenvalue weighted by molar-refractivity contribution is 9.09. The van der Waals surface area contributed by atoms with E-state index in [9.17, 15) is 4.79 Å². The third-order valence-corrected chi connectivity index (χ3v) is 3.30. The van der Waals surface area contributed by atoms with E-state index in [4.69, 9.17) is 9.47 Å². The van der Waals surface area contributed by atoms with Gasteiger partial charge in [-0.15, -0.1) is 0 Å². The first kappa shape index (κ1) is 15.8. The van der Waals surface area contributed by atoms with Crippen molar-refractivity contribution in [1.29, 1.82) is 0 Å². The summed E-state index contributed by atoms with van der Waals surface area (Å²) in [6, 6.07) is 5.28. The molecule has 0 spiro atoms. The number of benzene rings is 1. The summed E-state index contributed by atoms with van der Waals surface area (Å²) in [5, 5.41) is 3.90. The predicted molar refractivity (Wildman–Crippen MR) is 79.5 cm³/mol. The molecule has 1 aromatic rings. The molecule has 0 fully saturated rings. The Hall–Kier alpha value is -1.23. The normalized spacial score (nSPS) is 10.1. The molecule has 0 unspecified atom stereocenters. The molecule has 0 aliphatic heterocycles. The number of ether oxygens (including phenoxy) is 2. The van der Waals surface area contributed by atoms with Gasteiger partial charge in [0.15, 0.2) is 11.5 Å². The summed E-state index contributed by atoms with van der Waals surface area (Å²) in [5.74, 6) is 0.909. The molecule has 4 nitrogen and oxygen atoms in total. The van der Waals surface area contributed by atoms with Gasteiger partial charge in [0, 0.05) is 11.9 Å². The van der Waals surface area contributed by atoms with Gasteiger partial charge in [0.1, 0.15) is 0 Å². The summed E-state index contributed by atoms with van der Waals surface area (Å²) >= 11 is 3.38. The Balaban J connectivity index is 2.61. The molecule has 0 saturated carbocycles. The van der Waals surface area contributed by atoms with Gasteiger partial charge in [0.2, 0.25) is 0 Å². The number of carbonyl (C=O) groups excluding carboxylic acids is 1. The van der Waals surface area contributed by atoms with E-state index in [0.717, 1.165) is 24.6 Å². The van der Waals surface area contributed by atoms with Crippen LogP contribution in [0.25, 0.3) is 0 Å². The summed E-state index contributed by atoms with van der Waals surface area (Å²) < 4.78 is 10.4. The number of unbranched alkanes of at least 4 members (excludes halogenated alkanes) is 2. The van der Waals surface area contributed by atoms with Gasteiger partial charge in [-0.05, 0) is 25.0 Å². The van der Waals surface area contributed by atoms with E-state index in [-0.39, 0.29) is 5.91 Å². The zero-order chi connectivity index (χ0) is 14.1. The first-order valence-corrected chi connectivity index (χ1v) is 7.42. The number of para-hydroxylation sites is 1. The number of hydrogen-bond donors (Lipinski definition) is 1. The van der Waals surface area contributed by atoms with E-state index in [0.29, 0.717) is 23.6 Å². The lowest BCUT2D eigenvalue weighted by molar-refractivity contribution is 0.0949. The van der Waals surface area contributed by atoms with Crippen molar-refractivity contribution in [2.75, 3.05) is 26.1 Å². The minimum absolute atomic E-state index is 0.130. The monoisotopic (exact) mass is 329 g/mol. The second-order valence-corrected chi connectivity index (χ2v) is 4.84. The first-order valence-electron chi connectivity index (χ1n) is 6.29. The summed E-state index contributed by atoms with van der Waals surface area (Å²) in [4.78, 5) is 12.1. The molecule has 0 aliphatic carbocycles. The maximum Gasteiger partial charge on any atom is 0.255 e. The fourth-order valence-electron chi connectivity index (χ4n) is 1.76. The highest BCUT2D eigenvalue weighted by atomic mass is 79.9. The molecule has 106 valence electrons. The lowest BCUT2D eigenvalue weighted by Gasteiger charge is -2.12. The van der Waals surface area contributed by atoms with Crippen molar-refractivity contribution in [3.63, 3.8) is 0 Å². The van der Waals surface area contributed by atoms with Crippen molar-refractivity contribution in [1.82, 2.24) is 5.32 Å². The van der Waals surface area contributed by atoms with Crippen LogP contribution in [0.1, 0.15) is 29.6 Å². The number of rotatable bonds is 8. The van der Waals surface area contributed by atoms with Crippen LogP contribution in [0.4, 0.5) is 0 Å². The number of halogens is 1. The Kier molecular flexibility index (Phi) is 7.33. The topological polar surface area (TPSA) is 47.6 Å². The molecule has 1 rings (SSSR count). The highest BCUT2D eigenvalue weighted by Crippen LogP contribution is 2.30. The van der Waals surface area contributed by atoms with Crippen LogP contribution >= 0.6 is 15.9 Å². The average Bonchev–Trinajstić information content (AvgIpc) is 2.45. The summed E-state index contributed by atoms with van der Waals surface area (Å²) in [6.07, 6.45) is 3.20. The van der Waals surface area contributed by atoms with Gasteiger partial charge in [-0.3, -0.25) is 4.79 Å². The number of amides is 1. The van der Waals surface area contributed by atoms with Gasteiger partial charge in [0.05, 0.1) is 19.8 Å². The minimum atomic E-state index is -0.130. The molecule has 0 saturated heterocycles. The van der Waals surface area contributed by atoms with Crippen LogP contribution in [0.5, 0.6) is 11.5 Å². The number of methoxy groups -OCH3 is 2. The zero-order valence-electron chi connectivity index (χ0n) is 11.4. The summed E-state index contributed by atoms with van der Waals surface area (Å²) in [6.45, 7) is 0.673. The van der Waals surface area contributed by atoms with Crippen LogP contribution in [0.15, 0.2) is 18.2 Å². The molecule has 19 heavy (non-hydrogen) atoms. The van der Waals surface area contributed by atoms with E-state index in [1.54, 1.807) is 25.3 Å². The molecule has 0 radical (unpaired) electrons. The standard InChI is InChI=1S/C14H20BrNO3/c1-18-12-8-6-7-11(13(12)19-2)14(17)16-10-5-3-4-9-15/h6-8H,3-5,9-10H2,1-2H3,(H,16,17). The molecule has 1 N–H and O–H groups in total. The second-order valence-electron chi connectivity index (χ2n) is 4.05. The van der Waals surface area contributed by atoms with Gasteiger partial charge >= 0.3 is 0 Å². The van der Waals surface area contributed by atoms with Crippen molar-refractivity contribution < 1.29 is 14.3 Å². The number of hydrogen-bond acceptors (Lipinski definition) is 3. The molecule has 5 heteroatoms. The Bertz CT molecular complexity index is 410. The van der Waals surface area contributed by atoms with Crippen molar-refractivity contribution in [3.8, 4) is 11.5 Å². The van der Waals surface area contributed by atoms with Gasteiger partial charge < -0.3 is 14.8 Å². The largest absolute Gasteiger partial charge is 0.493 e. The fourth-order valence-corrected chi connectivity index (χ4v) is 2.16. The Labute approximate surface area is 122 Å². The summed E-state index contributed by atoms with van der Waals surface area (Å²) in [7, 11) is 3.09. The molecular weight excluding hydrogens is 310 g/mol. The van der Waals surface area contributed by atoms with Crippen molar-refractivity contribution in [2.45, 2.75) is 19.3 Å². The minimum Gasteiger partial charge on any atom is -0.493 e. The number of nitrogens with one attached hydrogen (secondary N) is 1. The number of alkyl halides is 1. The van der Waals surface area contributed by atoms with Crippen molar-refractivity contribution in [2.24, 2.45) is 0 Å². The third kappa shape index (κ3) is 4.74. The third-order valence-electron chi connectivity index (χ3n) is 2.74. The first-order chi connectivity index (χ1) is 9.24. The lowest BCUT2D eigenvalue weighted by Crippen LogP contribution is -2.25. The predicted octanol–water partition coefficient (Wildman–Crippen LogP) is 3.00. The van der Waals surface area contributed by atoms with Crippen LogP contribution in [0.3, 0.4) is 0 Å². The second kappa shape index (κ2) is 8.80. The van der Waals surface area contributed by atoms with Crippen LogP contribution < -0.4 is 14.8 Å². The van der Waals surface area contributed by atoms with Crippen molar-refractivity contribution in [3.05, 3.63) is 23.8 Å². The fraction of sp³-hybridized carbons (Fsp3) is 0.500. The van der Waals surface area contributed by atoms with E-state index in [1.165, 1.54) is 7.11 Å². The van der Waals surface area contributed by atoms with Gasteiger partial charge in [-0.2, -0.15) is 0 Å². The summed E-state index contributed by atoms with van der Waals surface area (Å²) in [5.41, 5.74) is 0.502. The molecule has 0 atom stereocenters. The quantitative estimate of drug-likeness (QED) is 0.589. The van der Waals surface area contributed by atoms with Crippen LogP contribution in [0, 0.1) is 0 Å². The Morgan fingerprint density at radius 3 is 2.63 bits per heavy atom. The van der Waals surface area contributed by atoms with Crippen LogP contribution in [0.2, 0.25) is 0 Å². The van der Waals surface area contributed by atoms with Crippen LogP contribution in [-0.4, -0.2) is 32.0 Å². The van der Waals surface area contributed by atoms with E-state index < -0.39 is 0 Å². The van der Waals surface area contributed by atoms with E-state index in [1.807, 2.05) is 0 Å². The molecule has 0 heterocycles. The molecule has 0 bridgehead atoms. The average molecular weight is 330 g/mol. The lowest BCUT2D eigenvalue weighted by atomic mass is 10.1. The van der Waals surface area contributed by atoms with Gasteiger partial charge in [0.25, 0.3) is 5.91 Å². The van der Waals surface area contributed by atoms with Gasteiger partial charge in [-0.25, -0.2) is 0 Å². The zero-order valence-corrected chi connectivity index (χ0v) is 13.0. The molecule has 1 amide bonds.